The predicted octanol–water partition coefficient (Wildman–Crippen LogP) is 4.02. The summed E-state index contributed by atoms with van der Waals surface area (Å²) in [6.07, 6.45) is 2.87. The van der Waals surface area contributed by atoms with Crippen LogP contribution >= 0.6 is 0 Å². The molecule has 2 heterocycles. The summed E-state index contributed by atoms with van der Waals surface area (Å²) in [5, 5.41) is 4.53. The van der Waals surface area contributed by atoms with E-state index in [1.54, 1.807) is 17.8 Å². The van der Waals surface area contributed by atoms with Gasteiger partial charge in [-0.2, -0.15) is 4.98 Å². The van der Waals surface area contributed by atoms with Gasteiger partial charge in [-0.25, -0.2) is 9.50 Å². The highest BCUT2D eigenvalue weighted by atomic mass is 16.5. The van der Waals surface area contributed by atoms with E-state index in [9.17, 15) is 4.79 Å². The minimum atomic E-state index is 0.0422. The number of methoxy groups -OCH3 is 1. The van der Waals surface area contributed by atoms with Crippen LogP contribution < -0.4 is 4.74 Å². The number of ether oxygens (including phenoxy) is 1. The molecular formula is C23H20N4O2. The van der Waals surface area contributed by atoms with Gasteiger partial charge in [-0.15, -0.1) is 5.10 Å². The average Bonchev–Trinajstić information content (AvgIpc) is 3.15. The number of carbonyl (C=O) groups is 1. The number of para-hydroxylation sites is 1. The number of aromatic nitrogens is 4. The maximum absolute atomic E-state index is 12.9. The Hall–Kier alpha value is -3.54. The molecule has 1 atom stereocenters. The zero-order valence-corrected chi connectivity index (χ0v) is 16.3. The largest absolute Gasteiger partial charge is 0.496 e. The summed E-state index contributed by atoms with van der Waals surface area (Å²) in [4.78, 5) is 22.2. The molecule has 29 heavy (non-hydrogen) atoms. The summed E-state index contributed by atoms with van der Waals surface area (Å²) < 4.78 is 7.10. The highest BCUT2D eigenvalue weighted by Crippen LogP contribution is 2.36. The molecule has 0 radical (unpaired) electrons. The molecule has 0 unspecified atom stereocenters. The van der Waals surface area contributed by atoms with Crippen molar-refractivity contribution in [3.05, 3.63) is 77.1 Å². The lowest BCUT2D eigenvalue weighted by Gasteiger charge is -2.24. The van der Waals surface area contributed by atoms with Crippen molar-refractivity contribution in [1.29, 1.82) is 0 Å². The Kier molecular flexibility index (Phi) is 4.12. The number of hydrogen-bond donors (Lipinski definition) is 0. The average molecular weight is 384 g/mol. The Bertz CT molecular complexity index is 1230. The zero-order chi connectivity index (χ0) is 20.0. The van der Waals surface area contributed by atoms with Gasteiger partial charge in [0.25, 0.3) is 5.78 Å². The Morgan fingerprint density at radius 1 is 1.03 bits per heavy atom. The smallest absolute Gasteiger partial charge is 0.252 e. The van der Waals surface area contributed by atoms with E-state index in [0.717, 1.165) is 22.6 Å². The van der Waals surface area contributed by atoms with Crippen molar-refractivity contribution in [2.75, 3.05) is 7.11 Å². The second-order valence-electron chi connectivity index (χ2n) is 7.42. The number of ketones is 1. The Balaban J connectivity index is 1.55. The first-order valence-electron chi connectivity index (χ1n) is 9.62. The summed E-state index contributed by atoms with van der Waals surface area (Å²) >= 11 is 0. The molecule has 0 amide bonds. The Morgan fingerprint density at radius 2 is 1.83 bits per heavy atom. The van der Waals surface area contributed by atoms with Gasteiger partial charge in [-0.05, 0) is 25.0 Å². The maximum atomic E-state index is 12.9. The van der Waals surface area contributed by atoms with E-state index in [-0.39, 0.29) is 11.7 Å². The molecular weight excluding hydrogens is 364 g/mol. The van der Waals surface area contributed by atoms with Crippen molar-refractivity contribution < 1.29 is 9.53 Å². The van der Waals surface area contributed by atoms with Crippen LogP contribution in [0.1, 0.15) is 39.5 Å². The summed E-state index contributed by atoms with van der Waals surface area (Å²) in [7, 11) is 1.65. The number of carbonyl (C=O) groups excluding carboxylic acids is 1. The number of aryl methyl sites for hydroxylation is 1. The van der Waals surface area contributed by atoms with Gasteiger partial charge in [0, 0.05) is 24.1 Å². The van der Waals surface area contributed by atoms with Crippen LogP contribution in [0.4, 0.5) is 0 Å². The molecule has 0 N–H and O–H groups in total. The van der Waals surface area contributed by atoms with Crippen molar-refractivity contribution in [2.24, 2.45) is 0 Å². The third-order valence-corrected chi connectivity index (χ3v) is 5.47. The first-order valence-corrected chi connectivity index (χ1v) is 9.62. The van der Waals surface area contributed by atoms with E-state index in [0.29, 0.717) is 30.0 Å². The third-order valence-electron chi connectivity index (χ3n) is 5.47. The molecule has 0 saturated carbocycles. The zero-order valence-electron chi connectivity index (χ0n) is 16.3. The van der Waals surface area contributed by atoms with Gasteiger partial charge in [0.05, 0.1) is 18.4 Å². The number of benzene rings is 2. The van der Waals surface area contributed by atoms with Crippen LogP contribution in [0, 0.1) is 6.92 Å². The molecule has 2 aromatic heterocycles. The van der Waals surface area contributed by atoms with Gasteiger partial charge in [0.15, 0.2) is 11.6 Å². The molecule has 0 bridgehead atoms. The fourth-order valence-corrected chi connectivity index (χ4v) is 3.93. The van der Waals surface area contributed by atoms with E-state index < -0.39 is 0 Å². The molecule has 6 heteroatoms. The SMILES string of the molecule is COc1ccccc1[C@H]1CC(=O)c2cn3nc(-c4ccc(C)cc4)nc3nc2C1. The quantitative estimate of drug-likeness (QED) is 0.534. The Labute approximate surface area is 168 Å². The van der Waals surface area contributed by atoms with Crippen molar-refractivity contribution in [3.8, 4) is 17.1 Å². The lowest BCUT2D eigenvalue weighted by molar-refractivity contribution is 0.0962. The monoisotopic (exact) mass is 384 g/mol. The summed E-state index contributed by atoms with van der Waals surface area (Å²) in [5.41, 5.74) is 4.55. The number of fused-ring (bicyclic) bond motifs is 2. The maximum Gasteiger partial charge on any atom is 0.252 e. The Morgan fingerprint density at radius 3 is 2.62 bits per heavy atom. The van der Waals surface area contributed by atoms with Gasteiger partial charge in [0.2, 0.25) is 0 Å². The minimum absolute atomic E-state index is 0.0422. The van der Waals surface area contributed by atoms with Crippen LogP contribution in [0.25, 0.3) is 17.2 Å². The molecule has 144 valence electrons. The molecule has 0 spiro atoms. The molecule has 0 aliphatic heterocycles. The molecule has 1 aliphatic rings. The molecule has 5 rings (SSSR count). The first kappa shape index (κ1) is 17.6. The van der Waals surface area contributed by atoms with Gasteiger partial charge in [0.1, 0.15) is 5.75 Å². The lowest BCUT2D eigenvalue weighted by atomic mass is 9.82. The number of nitrogens with zero attached hydrogens (tertiary/aromatic N) is 4. The fourth-order valence-electron chi connectivity index (χ4n) is 3.93. The minimum Gasteiger partial charge on any atom is -0.496 e. The third kappa shape index (κ3) is 3.06. The van der Waals surface area contributed by atoms with Crippen molar-refractivity contribution >= 4 is 11.6 Å². The standard InChI is InChI=1S/C23H20N4O2/c1-14-7-9-15(10-8-14)22-25-23-24-19-11-16(17-5-3-4-6-21(17)29-2)12-20(28)18(19)13-27(23)26-22/h3-10,13,16H,11-12H2,1-2H3/t16-/m1/s1. The van der Waals surface area contributed by atoms with Gasteiger partial charge >= 0.3 is 0 Å². The lowest BCUT2D eigenvalue weighted by Crippen LogP contribution is -2.21. The normalized spacial score (nSPS) is 16.1. The number of hydrogen-bond acceptors (Lipinski definition) is 5. The molecule has 1 aliphatic carbocycles. The summed E-state index contributed by atoms with van der Waals surface area (Å²) in [5.74, 6) is 2.03. The van der Waals surface area contributed by atoms with E-state index in [1.807, 2.05) is 55.5 Å². The highest BCUT2D eigenvalue weighted by Gasteiger charge is 2.30. The van der Waals surface area contributed by atoms with E-state index in [1.165, 1.54) is 5.56 Å². The van der Waals surface area contributed by atoms with Crippen molar-refractivity contribution in [1.82, 2.24) is 19.6 Å². The predicted molar refractivity (Wildman–Crippen MR) is 109 cm³/mol. The topological polar surface area (TPSA) is 69.4 Å². The van der Waals surface area contributed by atoms with E-state index >= 15 is 0 Å². The summed E-state index contributed by atoms with van der Waals surface area (Å²) in [6, 6.07) is 15.9. The van der Waals surface area contributed by atoms with Crippen LogP contribution in [-0.4, -0.2) is 32.5 Å². The van der Waals surface area contributed by atoms with Crippen LogP contribution in [0.15, 0.2) is 54.7 Å². The molecule has 6 nitrogen and oxygen atoms in total. The van der Waals surface area contributed by atoms with Gasteiger partial charge < -0.3 is 4.74 Å². The van der Waals surface area contributed by atoms with E-state index in [2.05, 4.69) is 15.1 Å². The molecule has 0 fully saturated rings. The molecule has 2 aromatic carbocycles. The fraction of sp³-hybridized carbons (Fsp3) is 0.217. The van der Waals surface area contributed by atoms with Crippen molar-refractivity contribution in [2.45, 2.75) is 25.7 Å². The van der Waals surface area contributed by atoms with E-state index in [4.69, 9.17) is 4.74 Å². The number of rotatable bonds is 3. The van der Waals surface area contributed by atoms with Crippen LogP contribution in [-0.2, 0) is 6.42 Å². The van der Waals surface area contributed by atoms with Crippen LogP contribution in [0.3, 0.4) is 0 Å². The van der Waals surface area contributed by atoms with Crippen LogP contribution in [0.2, 0.25) is 0 Å². The molecule has 4 aromatic rings. The van der Waals surface area contributed by atoms with Crippen molar-refractivity contribution in [3.63, 3.8) is 0 Å². The molecule has 0 saturated heterocycles. The first-order chi connectivity index (χ1) is 14.1. The van der Waals surface area contributed by atoms with Gasteiger partial charge in [-0.1, -0.05) is 48.0 Å². The van der Waals surface area contributed by atoms with Crippen LogP contribution in [0.5, 0.6) is 5.75 Å². The van der Waals surface area contributed by atoms with Gasteiger partial charge in [-0.3, -0.25) is 4.79 Å². The highest BCUT2D eigenvalue weighted by molar-refractivity contribution is 5.98. The summed E-state index contributed by atoms with van der Waals surface area (Å²) in [6.45, 7) is 2.04. The number of Topliss-reactive ketones (excluding diaryl/α,β-unsaturated/α-hetero) is 1. The second-order valence-corrected chi connectivity index (χ2v) is 7.42. The second kappa shape index (κ2) is 6.81.